The molecule has 0 saturated carbocycles. The Bertz CT molecular complexity index is 1790. The van der Waals surface area contributed by atoms with Crippen molar-refractivity contribution >= 4 is 37.3 Å². The Kier molecular flexibility index (Phi) is 11.1. The molecular formula is C36H31BrF12NOP. The molecule has 0 fully saturated rings. The first-order valence-corrected chi connectivity index (χ1v) is 20.0. The Hall–Kier alpha value is -3.58. The maximum absolute atomic E-state index is 14.0. The number of hydrogen-bond donors (Lipinski definition) is 1. The Morgan fingerprint density at radius 3 is 1.27 bits per heavy atom. The van der Waals surface area contributed by atoms with Gasteiger partial charge in [0.2, 0.25) is 0 Å². The number of amides is 1. The van der Waals surface area contributed by atoms with E-state index in [2.05, 4.69) is 20.8 Å². The van der Waals surface area contributed by atoms with Gasteiger partial charge in [0.05, 0.1) is 0 Å². The molecule has 0 unspecified atom stereocenters. The molecule has 1 atom stereocenters. The minimum atomic E-state index is -5.25. The summed E-state index contributed by atoms with van der Waals surface area (Å²) in [5, 5.41) is -0.955. The molecule has 0 heterocycles. The molecule has 0 saturated heterocycles. The Balaban J connectivity index is 1.99. The molecule has 0 aliphatic carbocycles. The van der Waals surface area contributed by atoms with Crippen molar-refractivity contribution in [2.45, 2.75) is 57.7 Å². The van der Waals surface area contributed by atoms with E-state index in [1.54, 1.807) is 81.4 Å². The Morgan fingerprint density at radius 2 is 0.942 bits per heavy atom. The Morgan fingerprint density at radius 1 is 0.596 bits per heavy atom. The third kappa shape index (κ3) is 9.13. The van der Waals surface area contributed by atoms with Crippen molar-refractivity contribution in [2.24, 2.45) is 5.41 Å². The van der Waals surface area contributed by atoms with Crippen molar-refractivity contribution in [3.05, 3.63) is 130 Å². The topological polar surface area (TPSA) is 29.1 Å². The van der Waals surface area contributed by atoms with Gasteiger partial charge in [0.1, 0.15) is 0 Å². The molecule has 0 bridgehead atoms. The van der Waals surface area contributed by atoms with Gasteiger partial charge in [0, 0.05) is 0 Å². The fourth-order valence-corrected chi connectivity index (χ4v) is 14.3. The predicted molar refractivity (Wildman–Crippen MR) is 180 cm³/mol. The molecule has 4 aromatic rings. The standard InChI is InChI=1S/C36H31BrF12NOP/c1-32(2,3)30(50-31(51)23-16-26(35(44,45)46)19-27(17-23)36(47,48)49)21-52(37,28-10-6-4-7-11-28,29-12-8-5-9-13-29)20-22-14-24(33(38,39)40)18-25(15-22)34(41,42)43/h4-19,30H,20-21H2,1-3H3,(H,50,51)/t30-/m1/s1. The first-order valence-electron chi connectivity index (χ1n) is 15.3. The average molecular weight is 833 g/mol. The van der Waals surface area contributed by atoms with Crippen molar-refractivity contribution < 1.29 is 57.5 Å². The van der Waals surface area contributed by atoms with Crippen molar-refractivity contribution in [3.63, 3.8) is 0 Å². The fraction of sp³-hybridized carbons (Fsp3) is 0.306. The van der Waals surface area contributed by atoms with E-state index in [-0.39, 0.29) is 36.0 Å². The van der Waals surface area contributed by atoms with Gasteiger partial charge >= 0.3 is 300 Å². The summed E-state index contributed by atoms with van der Waals surface area (Å²) < 4.78 is 166. The monoisotopic (exact) mass is 831 g/mol. The summed E-state index contributed by atoms with van der Waals surface area (Å²) in [7, 11) is 0. The predicted octanol–water partition coefficient (Wildman–Crippen LogP) is 11.6. The summed E-state index contributed by atoms with van der Waals surface area (Å²) >= 11 is 3.93. The third-order valence-electron chi connectivity index (χ3n) is 8.62. The maximum atomic E-state index is 14.0. The van der Waals surface area contributed by atoms with Gasteiger partial charge < -0.3 is 0 Å². The van der Waals surface area contributed by atoms with E-state index >= 15 is 0 Å². The quantitative estimate of drug-likeness (QED) is 0.139. The molecule has 4 aromatic carbocycles. The van der Waals surface area contributed by atoms with Gasteiger partial charge in [-0.1, -0.05) is 0 Å². The number of benzene rings is 4. The van der Waals surface area contributed by atoms with Crippen LogP contribution in [-0.2, 0) is 30.9 Å². The van der Waals surface area contributed by atoms with Crippen LogP contribution in [0.25, 0.3) is 0 Å². The van der Waals surface area contributed by atoms with Crippen LogP contribution >= 0.6 is 20.8 Å². The van der Waals surface area contributed by atoms with Crippen LogP contribution < -0.4 is 15.9 Å². The van der Waals surface area contributed by atoms with E-state index in [1.807, 2.05) is 0 Å². The summed E-state index contributed by atoms with van der Waals surface area (Å²) in [5.74, 6) is -1.31. The molecule has 52 heavy (non-hydrogen) atoms. The number of carbonyl (C=O) groups is 1. The third-order valence-corrected chi connectivity index (χ3v) is 17.8. The zero-order valence-electron chi connectivity index (χ0n) is 27.5. The van der Waals surface area contributed by atoms with Gasteiger partial charge in [-0.2, -0.15) is 0 Å². The molecule has 16 heteroatoms. The summed E-state index contributed by atoms with van der Waals surface area (Å²) in [5.41, 5.74) is -8.93. The van der Waals surface area contributed by atoms with Crippen LogP contribution in [0.5, 0.6) is 0 Å². The number of halogens is 13. The number of carbonyl (C=O) groups excluding carboxylic acids is 1. The van der Waals surface area contributed by atoms with E-state index in [0.717, 1.165) is 0 Å². The molecular weight excluding hydrogens is 801 g/mol. The SMILES string of the molecule is CC(C)(C)[C@@H](CP(Br)(Cc1cc(C(F)(F)F)cc(C(F)(F)F)c1)(c1ccccc1)c1ccccc1)NC(=O)c1cc(C(F)(F)F)cc(C(F)(F)F)c1. The van der Waals surface area contributed by atoms with Crippen molar-refractivity contribution in [2.75, 3.05) is 6.16 Å². The molecule has 0 radical (unpaired) electrons. The van der Waals surface area contributed by atoms with Gasteiger partial charge in [-0.25, -0.2) is 0 Å². The van der Waals surface area contributed by atoms with Crippen LogP contribution in [0.2, 0.25) is 0 Å². The summed E-state index contributed by atoms with van der Waals surface area (Å²) in [6.45, 7) is 4.84. The normalized spacial score (nSPS) is 14.7. The molecule has 2 nitrogen and oxygen atoms in total. The van der Waals surface area contributed by atoms with Gasteiger partial charge in [0.15, 0.2) is 0 Å². The molecule has 0 spiro atoms. The van der Waals surface area contributed by atoms with Crippen LogP contribution in [0.1, 0.15) is 58.9 Å². The van der Waals surface area contributed by atoms with Crippen molar-refractivity contribution in [1.82, 2.24) is 5.32 Å². The van der Waals surface area contributed by atoms with Crippen LogP contribution in [-0.4, -0.2) is 18.1 Å². The number of hydrogen-bond acceptors (Lipinski definition) is 1. The van der Waals surface area contributed by atoms with E-state index in [4.69, 9.17) is 0 Å². The second-order valence-electron chi connectivity index (χ2n) is 13.5. The fourth-order valence-electron chi connectivity index (χ4n) is 5.88. The Labute approximate surface area is 299 Å². The molecule has 0 aromatic heterocycles. The van der Waals surface area contributed by atoms with Gasteiger partial charge in [-0.15, -0.1) is 0 Å². The second-order valence-corrected chi connectivity index (χ2v) is 23.1. The van der Waals surface area contributed by atoms with Crippen molar-refractivity contribution in [1.29, 1.82) is 0 Å². The zero-order chi connectivity index (χ0) is 39.2. The summed E-state index contributed by atoms with van der Waals surface area (Å²) in [4.78, 5) is 13.7. The van der Waals surface area contributed by atoms with Crippen LogP contribution in [0.15, 0.2) is 97.1 Å². The van der Waals surface area contributed by atoms with E-state index in [9.17, 15) is 57.5 Å². The van der Waals surface area contributed by atoms with Gasteiger partial charge in [0.25, 0.3) is 0 Å². The molecule has 282 valence electrons. The zero-order valence-corrected chi connectivity index (χ0v) is 30.0. The van der Waals surface area contributed by atoms with Gasteiger partial charge in [-0.3, -0.25) is 0 Å². The summed E-state index contributed by atoms with van der Waals surface area (Å²) in [6.07, 6.45) is -21.6. The first-order chi connectivity index (χ1) is 23.6. The number of nitrogens with one attached hydrogen (secondary N) is 1. The van der Waals surface area contributed by atoms with E-state index in [1.165, 1.54) is 0 Å². The van der Waals surface area contributed by atoms with Crippen molar-refractivity contribution in [3.8, 4) is 0 Å². The minimum absolute atomic E-state index is 0.000191. The number of rotatable bonds is 8. The second kappa shape index (κ2) is 14.0. The van der Waals surface area contributed by atoms with Crippen LogP contribution in [0.3, 0.4) is 0 Å². The van der Waals surface area contributed by atoms with Crippen LogP contribution in [0, 0.1) is 5.41 Å². The van der Waals surface area contributed by atoms with Gasteiger partial charge in [-0.05, 0) is 0 Å². The average Bonchev–Trinajstić information content (AvgIpc) is 3.03. The van der Waals surface area contributed by atoms with E-state index < -0.39 is 81.4 Å². The number of alkyl halides is 12. The molecule has 4 rings (SSSR count). The molecule has 1 N–H and O–H groups in total. The first kappa shape index (κ1) is 41.2. The van der Waals surface area contributed by atoms with Crippen LogP contribution in [0.4, 0.5) is 52.7 Å². The van der Waals surface area contributed by atoms with E-state index in [0.29, 0.717) is 22.7 Å². The molecule has 0 aliphatic rings. The molecule has 0 aliphatic heterocycles. The summed E-state index contributed by atoms with van der Waals surface area (Å²) in [6, 6.07) is 16.6. The molecule has 1 amide bonds.